The van der Waals surface area contributed by atoms with Crippen LogP contribution >= 0.6 is 0 Å². The molecule has 0 saturated heterocycles. The molecule has 1 spiro atoms. The molecule has 41 heavy (non-hydrogen) atoms. The van der Waals surface area contributed by atoms with Gasteiger partial charge in [-0.1, -0.05) is 32.0 Å². The summed E-state index contributed by atoms with van der Waals surface area (Å²) in [5.41, 5.74) is 0.394. The van der Waals surface area contributed by atoms with E-state index in [9.17, 15) is 14.4 Å². The number of alkyl carbamates (subject to hydrolysis) is 1. The third kappa shape index (κ3) is 5.31. The van der Waals surface area contributed by atoms with Crippen LogP contribution in [0.25, 0.3) is 0 Å². The molecule has 0 saturated carbocycles. The molecule has 2 aliphatic rings. The summed E-state index contributed by atoms with van der Waals surface area (Å²) in [6, 6.07) is 16.5. The van der Waals surface area contributed by atoms with Gasteiger partial charge in [0, 0.05) is 28.8 Å². The first-order chi connectivity index (χ1) is 19.4. The Morgan fingerprint density at radius 1 is 0.927 bits per heavy atom. The molecule has 214 valence electrons. The van der Waals surface area contributed by atoms with Gasteiger partial charge in [0.05, 0.1) is 12.7 Å². The van der Waals surface area contributed by atoms with E-state index >= 15 is 0 Å². The quantitative estimate of drug-likeness (QED) is 0.285. The molecule has 0 fully saturated rings. The maximum atomic E-state index is 13.2. The minimum Gasteiger partial charge on any atom is -0.497 e. The first kappa shape index (κ1) is 28.0. The van der Waals surface area contributed by atoms with Crippen LogP contribution in [-0.2, 0) is 19.9 Å². The highest BCUT2D eigenvalue weighted by Crippen LogP contribution is 2.57. The molecule has 9 nitrogen and oxygen atoms in total. The Hall–Kier alpha value is -4.53. The van der Waals surface area contributed by atoms with Gasteiger partial charge in [0.25, 0.3) is 0 Å². The van der Waals surface area contributed by atoms with Crippen molar-refractivity contribution in [3.63, 3.8) is 0 Å². The lowest BCUT2D eigenvalue weighted by Gasteiger charge is -2.36. The highest BCUT2D eigenvalue weighted by atomic mass is 16.6. The van der Waals surface area contributed by atoms with Crippen molar-refractivity contribution in [1.82, 2.24) is 5.32 Å². The van der Waals surface area contributed by atoms with Crippen LogP contribution in [0.15, 0.2) is 60.7 Å². The van der Waals surface area contributed by atoms with E-state index in [1.54, 1.807) is 70.3 Å². The highest BCUT2D eigenvalue weighted by molar-refractivity contribution is 5.97. The molecule has 1 unspecified atom stereocenters. The van der Waals surface area contributed by atoms with E-state index < -0.39 is 35.3 Å². The van der Waals surface area contributed by atoms with Gasteiger partial charge in [-0.2, -0.15) is 0 Å². The smallest absolute Gasteiger partial charge is 0.408 e. The second-order valence-electron chi connectivity index (χ2n) is 11.5. The van der Waals surface area contributed by atoms with Crippen molar-refractivity contribution in [1.29, 1.82) is 0 Å². The van der Waals surface area contributed by atoms with Crippen molar-refractivity contribution in [2.24, 2.45) is 5.92 Å². The number of benzene rings is 3. The van der Waals surface area contributed by atoms with E-state index in [0.29, 0.717) is 45.9 Å². The molecule has 3 aromatic carbocycles. The molecular weight excluding hydrogens is 526 g/mol. The van der Waals surface area contributed by atoms with Crippen LogP contribution in [-0.4, -0.2) is 36.8 Å². The number of ether oxygens (including phenoxy) is 5. The molecule has 2 heterocycles. The molecule has 1 amide bonds. The Balaban J connectivity index is 1.51. The Bertz CT molecular complexity index is 1520. The normalized spacial score (nSPS) is 17.5. The molecule has 0 bridgehead atoms. The summed E-state index contributed by atoms with van der Waals surface area (Å²) in [5.74, 6) is 0.554. The number of rotatable bonds is 6. The number of carbonyl (C=O) groups is 3. The zero-order chi connectivity index (χ0) is 29.5. The summed E-state index contributed by atoms with van der Waals surface area (Å²) in [7, 11) is 1.55. The van der Waals surface area contributed by atoms with E-state index in [1.165, 1.54) is 0 Å². The van der Waals surface area contributed by atoms with Gasteiger partial charge in [-0.25, -0.2) is 14.4 Å². The minimum absolute atomic E-state index is 0.0952. The number of amides is 1. The van der Waals surface area contributed by atoms with E-state index in [4.69, 9.17) is 23.7 Å². The fourth-order valence-electron chi connectivity index (χ4n) is 5.15. The Morgan fingerprint density at radius 2 is 1.56 bits per heavy atom. The maximum absolute atomic E-state index is 13.2. The van der Waals surface area contributed by atoms with Crippen LogP contribution in [0.4, 0.5) is 4.79 Å². The molecule has 3 aromatic rings. The predicted molar refractivity (Wildman–Crippen MR) is 149 cm³/mol. The third-order valence-electron chi connectivity index (χ3n) is 6.79. The average Bonchev–Trinajstić information content (AvgIpc) is 3.19. The van der Waals surface area contributed by atoms with Crippen molar-refractivity contribution in [2.75, 3.05) is 7.11 Å². The first-order valence-corrected chi connectivity index (χ1v) is 13.5. The van der Waals surface area contributed by atoms with Crippen molar-refractivity contribution < 1.29 is 38.1 Å². The number of fused-ring (bicyclic) bond motifs is 6. The molecular formula is C32H33NO8. The highest BCUT2D eigenvalue weighted by Gasteiger charge is 2.53. The number of carbonyl (C=O) groups excluding carboxylic acids is 3. The lowest BCUT2D eigenvalue weighted by Crippen LogP contribution is -2.45. The molecule has 5 rings (SSSR count). The van der Waals surface area contributed by atoms with Crippen LogP contribution in [0.5, 0.6) is 23.0 Å². The van der Waals surface area contributed by atoms with Gasteiger partial charge in [-0.3, -0.25) is 0 Å². The van der Waals surface area contributed by atoms with Gasteiger partial charge in [0.15, 0.2) is 5.60 Å². The largest absolute Gasteiger partial charge is 0.497 e. The van der Waals surface area contributed by atoms with Crippen LogP contribution in [0.2, 0.25) is 0 Å². The van der Waals surface area contributed by atoms with E-state index in [0.717, 1.165) is 0 Å². The summed E-state index contributed by atoms with van der Waals surface area (Å²) in [6.07, 6.45) is -0.356. The number of hydrogen-bond acceptors (Lipinski definition) is 8. The van der Waals surface area contributed by atoms with E-state index in [2.05, 4.69) is 5.32 Å². The standard InChI is InChI=1S/C32H33NO8/c1-18(2)15-25(33-30(36)41-31(3,4)5)29(35)38-20-12-14-24-27(17-20)39-26-16-19(37-6)11-13-23(26)32(24)22-10-8-7-9-21(22)28(34)40-32/h7-14,16-18,25H,15H2,1-6H3,(H,33,36)/t25-,32?/m0/s1. The van der Waals surface area contributed by atoms with Gasteiger partial charge in [-0.15, -0.1) is 0 Å². The monoisotopic (exact) mass is 559 g/mol. The van der Waals surface area contributed by atoms with Crippen LogP contribution in [0.1, 0.15) is 68.1 Å². The van der Waals surface area contributed by atoms with Crippen LogP contribution in [0, 0.1) is 5.92 Å². The Morgan fingerprint density at radius 3 is 2.20 bits per heavy atom. The number of esters is 2. The van der Waals surface area contributed by atoms with Gasteiger partial charge in [0.1, 0.15) is 34.6 Å². The van der Waals surface area contributed by atoms with Crippen molar-refractivity contribution >= 4 is 18.0 Å². The van der Waals surface area contributed by atoms with Gasteiger partial charge >= 0.3 is 18.0 Å². The SMILES string of the molecule is COc1ccc2c(c1)Oc1cc(OC(=O)[C@H](CC(C)C)NC(=O)OC(C)(C)C)ccc1C21OC(=O)c2ccccc21. The molecule has 0 radical (unpaired) electrons. The summed E-state index contributed by atoms with van der Waals surface area (Å²) in [5, 5.41) is 2.63. The maximum Gasteiger partial charge on any atom is 0.408 e. The van der Waals surface area contributed by atoms with Gasteiger partial charge in [0.2, 0.25) is 0 Å². The molecule has 2 aliphatic heterocycles. The molecule has 1 N–H and O–H groups in total. The summed E-state index contributed by atoms with van der Waals surface area (Å²) < 4.78 is 28.9. The minimum atomic E-state index is -1.26. The predicted octanol–water partition coefficient (Wildman–Crippen LogP) is 6.11. The lowest BCUT2D eigenvalue weighted by atomic mass is 9.77. The number of nitrogens with one attached hydrogen (secondary N) is 1. The Labute approximate surface area is 238 Å². The molecule has 0 aromatic heterocycles. The van der Waals surface area contributed by atoms with Crippen LogP contribution in [0.3, 0.4) is 0 Å². The Kier molecular flexibility index (Phi) is 7.15. The lowest BCUT2D eigenvalue weighted by molar-refractivity contribution is -0.137. The molecule has 0 aliphatic carbocycles. The van der Waals surface area contributed by atoms with E-state index in [-0.39, 0.29) is 11.7 Å². The second kappa shape index (κ2) is 10.5. The van der Waals surface area contributed by atoms with E-state index in [1.807, 2.05) is 32.0 Å². The zero-order valence-electron chi connectivity index (χ0n) is 23.9. The number of hydrogen-bond donors (Lipinski definition) is 1. The average molecular weight is 560 g/mol. The zero-order valence-corrected chi connectivity index (χ0v) is 23.9. The fraction of sp³-hybridized carbons (Fsp3) is 0.344. The topological polar surface area (TPSA) is 109 Å². The van der Waals surface area contributed by atoms with Crippen LogP contribution < -0.4 is 19.5 Å². The van der Waals surface area contributed by atoms with Gasteiger partial charge < -0.3 is 29.0 Å². The third-order valence-corrected chi connectivity index (χ3v) is 6.79. The number of methoxy groups -OCH3 is 1. The van der Waals surface area contributed by atoms with Gasteiger partial charge in [-0.05, 0) is 63.4 Å². The summed E-state index contributed by atoms with van der Waals surface area (Å²) >= 11 is 0. The molecule has 9 heteroatoms. The second-order valence-corrected chi connectivity index (χ2v) is 11.5. The summed E-state index contributed by atoms with van der Waals surface area (Å²) in [6.45, 7) is 9.12. The summed E-state index contributed by atoms with van der Waals surface area (Å²) in [4.78, 5) is 38.7. The first-order valence-electron chi connectivity index (χ1n) is 13.5. The van der Waals surface area contributed by atoms with Crippen molar-refractivity contribution in [3.05, 3.63) is 82.9 Å². The van der Waals surface area contributed by atoms with Crippen molar-refractivity contribution in [2.45, 2.75) is 58.3 Å². The van der Waals surface area contributed by atoms with Crippen molar-refractivity contribution in [3.8, 4) is 23.0 Å². The molecule has 2 atom stereocenters. The fourth-order valence-corrected chi connectivity index (χ4v) is 5.15.